The molecule has 0 bridgehead atoms. The first-order valence-corrected chi connectivity index (χ1v) is 27.6. The van der Waals surface area contributed by atoms with Crippen LogP contribution in [0.4, 0.5) is 0 Å². The van der Waals surface area contributed by atoms with Gasteiger partial charge in [0.2, 0.25) is 0 Å². The van der Waals surface area contributed by atoms with Gasteiger partial charge in [-0.05, 0) is 133 Å². The summed E-state index contributed by atoms with van der Waals surface area (Å²) in [6.07, 6.45) is 18.1. The molecule has 2 amide bonds. The minimum atomic E-state index is -0.0380. The Labute approximate surface area is 406 Å². The maximum absolute atomic E-state index is 15.3. The first kappa shape index (κ1) is 51.3. The average Bonchev–Trinajstić information content (AvgIpc) is 4.15. The molecule has 66 heavy (non-hydrogen) atoms. The number of fused-ring (bicyclic) bond motifs is 1. The van der Waals surface area contributed by atoms with E-state index in [1.165, 1.54) is 38.5 Å². The zero-order valence-corrected chi connectivity index (χ0v) is 43.4. The molecule has 6 nitrogen and oxygen atoms in total. The van der Waals surface area contributed by atoms with Crippen molar-refractivity contribution in [1.29, 1.82) is 0 Å². The molecule has 2 aliphatic heterocycles. The molecule has 4 atom stereocenters. The van der Waals surface area contributed by atoms with E-state index in [9.17, 15) is 0 Å². The minimum Gasteiger partial charge on any atom is -0.493 e. The number of carbonyl (C=O) groups excluding carboxylic acids is 2. The van der Waals surface area contributed by atoms with E-state index in [2.05, 4.69) is 128 Å². The molecule has 0 aliphatic carbocycles. The van der Waals surface area contributed by atoms with Gasteiger partial charge in [0.1, 0.15) is 11.5 Å². The Morgan fingerprint density at radius 3 is 1.06 bits per heavy atom. The van der Waals surface area contributed by atoms with Gasteiger partial charge in [0.05, 0.1) is 45.5 Å². The summed E-state index contributed by atoms with van der Waals surface area (Å²) in [5.74, 6) is 3.52. The maximum atomic E-state index is 15.3. The largest absolute Gasteiger partial charge is 0.493 e. The van der Waals surface area contributed by atoms with E-state index in [0.717, 1.165) is 131 Å². The fraction of sp³-hybridized carbons (Fsp3) is 0.552. The van der Waals surface area contributed by atoms with Crippen molar-refractivity contribution in [1.82, 2.24) is 9.80 Å². The molecule has 4 aromatic rings. The predicted molar refractivity (Wildman–Crippen MR) is 281 cm³/mol. The van der Waals surface area contributed by atoms with E-state index >= 15 is 9.59 Å². The predicted octanol–water partition coefficient (Wildman–Crippen LogP) is 16.6. The van der Waals surface area contributed by atoms with Crippen molar-refractivity contribution >= 4 is 45.9 Å². The zero-order chi connectivity index (χ0) is 47.0. The lowest BCUT2D eigenvalue weighted by Crippen LogP contribution is -2.34. The second kappa shape index (κ2) is 25.8. The van der Waals surface area contributed by atoms with Gasteiger partial charge in [-0.2, -0.15) is 0 Å². The number of unbranched alkanes of at least 4 members (excludes halogenated alkanes) is 4. The lowest BCUT2D eigenvalue weighted by Gasteiger charge is -2.29. The van der Waals surface area contributed by atoms with E-state index in [4.69, 9.17) is 9.47 Å². The third-order valence-electron chi connectivity index (χ3n) is 14.2. The van der Waals surface area contributed by atoms with Gasteiger partial charge < -0.3 is 19.3 Å². The highest BCUT2D eigenvalue weighted by Crippen LogP contribution is 2.51. The summed E-state index contributed by atoms with van der Waals surface area (Å²) in [7, 11) is 0. The second-order valence-corrected chi connectivity index (χ2v) is 21.1. The lowest BCUT2D eigenvalue weighted by atomic mass is 9.98. The molecule has 2 aliphatic rings. The molecule has 0 fully saturated rings. The number of hydrogen-bond donors (Lipinski definition) is 0. The van der Waals surface area contributed by atoms with Crippen molar-refractivity contribution in [3.05, 3.63) is 93.7 Å². The molecule has 358 valence electrons. The number of amides is 2. The molecular formula is C58H80N2O4S2. The van der Waals surface area contributed by atoms with Crippen LogP contribution in [-0.4, -0.2) is 47.9 Å². The van der Waals surface area contributed by atoms with E-state index in [0.29, 0.717) is 47.9 Å². The van der Waals surface area contributed by atoms with Crippen molar-refractivity contribution in [3.8, 4) is 32.4 Å². The van der Waals surface area contributed by atoms with Crippen LogP contribution in [0, 0.1) is 23.7 Å². The van der Waals surface area contributed by atoms with E-state index in [1.807, 2.05) is 9.80 Å². The van der Waals surface area contributed by atoms with Crippen LogP contribution in [0.1, 0.15) is 168 Å². The van der Waals surface area contributed by atoms with Gasteiger partial charge in [0.15, 0.2) is 0 Å². The van der Waals surface area contributed by atoms with Gasteiger partial charge >= 0.3 is 0 Å². The number of nitrogens with zero attached hydrogens (tertiary/aromatic N) is 2. The van der Waals surface area contributed by atoms with Gasteiger partial charge in [0.25, 0.3) is 11.8 Å². The number of rotatable bonds is 30. The smallest absolute Gasteiger partial charge is 0.261 e. The first-order chi connectivity index (χ1) is 32.2. The number of benzene rings is 2. The summed E-state index contributed by atoms with van der Waals surface area (Å²) in [6, 6.07) is 25.5. The monoisotopic (exact) mass is 933 g/mol. The highest BCUT2D eigenvalue weighted by Gasteiger charge is 2.50. The molecular weight excluding hydrogens is 853 g/mol. The summed E-state index contributed by atoms with van der Waals surface area (Å²) in [6.45, 7) is 20.6. The molecule has 0 spiro atoms. The van der Waals surface area contributed by atoms with Gasteiger partial charge in [-0.3, -0.25) is 9.59 Å². The van der Waals surface area contributed by atoms with Crippen molar-refractivity contribution in [2.45, 2.75) is 158 Å². The topological polar surface area (TPSA) is 59.1 Å². The third-order valence-corrected chi connectivity index (χ3v) is 16.4. The van der Waals surface area contributed by atoms with Crippen LogP contribution in [0.25, 0.3) is 32.3 Å². The minimum absolute atomic E-state index is 0.0380. The summed E-state index contributed by atoms with van der Waals surface area (Å²) >= 11 is 3.35. The van der Waals surface area contributed by atoms with Crippen LogP contribution in [0.2, 0.25) is 0 Å². The number of carbonyl (C=O) groups is 2. The molecule has 0 saturated heterocycles. The average molecular weight is 933 g/mol. The second-order valence-electron chi connectivity index (χ2n) is 18.9. The van der Waals surface area contributed by atoms with Gasteiger partial charge in [0, 0.05) is 22.8 Å². The molecule has 0 saturated carbocycles. The fourth-order valence-corrected chi connectivity index (χ4v) is 11.6. The molecule has 8 heteroatoms. The molecule has 6 rings (SSSR count). The Morgan fingerprint density at radius 2 is 0.742 bits per heavy atom. The number of thiophene rings is 2. The first-order valence-electron chi connectivity index (χ1n) is 26.0. The highest BCUT2D eigenvalue weighted by molar-refractivity contribution is 7.17. The molecule has 2 aromatic heterocycles. The number of hydrogen-bond acceptors (Lipinski definition) is 6. The third kappa shape index (κ3) is 12.7. The Bertz CT molecular complexity index is 2040. The Hall–Kier alpha value is -4.14. The molecule has 2 aromatic carbocycles. The van der Waals surface area contributed by atoms with Crippen LogP contribution in [0.3, 0.4) is 0 Å². The highest BCUT2D eigenvalue weighted by atomic mass is 32.1. The standard InChI is InChI=1S/C58H80N2O4S2/c1-9-17-21-41(13-5)37-59-55(51-35-33-49(65-51)45-25-29-47(30-26-45)63-39-43(15-7)23-19-11-3)53-54(57(59)61)56(60(58(53)62)38-42(14-6)22-18-10-2)52-36-34-50(66-52)46-27-31-48(32-28-46)64-40-44(16-8)24-20-12-4/h25-36,41-44H,9-24,37-40H2,1-8H3. The van der Waals surface area contributed by atoms with Gasteiger partial charge in [-0.25, -0.2) is 0 Å². The normalized spacial score (nSPS) is 15.8. The zero-order valence-electron chi connectivity index (χ0n) is 41.7. The van der Waals surface area contributed by atoms with Crippen LogP contribution in [-0.2, 0) is 9.59 Å². The van der Waals surface area contributed by atoms with Gasteiger partial charge in [-0.1, -0.05) is 132 Å². The number of ether oxygens (including phenoxy) is 2. The fourth-order valence-electron chi connectivity index (χ4n) is 9.50. The summed E-state index contributed by atoms with van der Waals surface area (Å²) in [5, 5.41) is 0. The SMILES string of the molecule is CCCCC(CC)COc1ccc(-c2ccc(C3=C4C(=O)N(CC(CC)CCCC)C(c5ccc(-c6ccc(OCC(CC)CCCC)cc6)s5)=C4C(=O)N3CC(CC)CCCC)s2)cc1. The van der Waals surface area contributed by atoms with Crippen LogP contribution in [0.15, 0.2) is 83.9 Å². The Morgan fingerprint density at radius 1 is 0.424 bits per heavy atom. The van der Waals surface area contributed by atoms with E-state index < -0.39 is 0 Å². The van der Waals surface area contributed by atoms with Crippen molar-refractivity contribution in [3.63, 3.8) is 0 Å². The van der Waals surface area contributed by atoms with Crippen LogP contribution in [0.5, 0.6) is 11.5 Å². The Balaban J connectivity index is 1.38. The summed E-state index contributed by atoms with van der Waals surface area (Å²) < 4.78 is 12.5. The molecule has 0 N–H and O–H groups in total. The summed E-state index contributed by atoms with van der Waals surface area (Å²) in [5.41, 5.74) is 4.95. The molecule has 0 radical (unpaired) electrons. The van der Waals surface area contributed by atoms with E-state index in [1.54, 1.807) is 22.7 Å². The van der Waals surface area contributed by atoms with Crippen LogP contribution >= 0.6 is 22.7 Å². The molecule has 4 unspecified atom stereocenters. The van der Waals surface area contributed by atoms with Crippen LogP contribution < -0.4 is 9.47 Å². The van der Waals surface area contributed by atoms with Crippen molar-refractivity contribution < 1.29 is 19.1 Å². The van der Waals surface area contributed by atoms with Crippen molar-refractivity contribution in [2.24, 2.45) is 23.7 Å². The maximum Gasteiger partial charge on any atom is 0.261 e. The lowest BCUT2D eigenvalue weighted by molar-refractivity contribution is -0.124. The quantitative estimate of drug-likeness (QED) is 0.0523. The van der Waals surface area contributed by atoms with Crippen molar-refractivity contribution in [2.75, 3.05) is 26.3 Å². The summed E-state index contributed by atoms with van der Waals surface area (Å²) in [4.78, 5) is 38.8. The van der Waals surface area contributed by atoms with Gasteiger partial charge in [-0.15, -0.1) is 22.7 Å². The van der Waals surface area contributed by atoms with E-state index in [-0.39, 0.29) is 11.8 Å². The Kier molecular flexibility index (Phi) is 20.1. The molecule has 4 heterocycles.